The number of nitrogens with zero attached hydrogens (tertiary/aromatic N) is 1. The van der Waals surface area contributed by atoms with Crippen LogP contribution in [-0.2, 0) is 16.8 Å². The van der Waals surface area contributed by atoms with Gasteiger partial charge in [-0.1, -0.05) is 12.1 Å². The van der Waals surface area contributed by atoms with E-state index in [0.29, 0.717) is 6.54 Å². The highest BCUT2D eigenvalue weighted by Crippen LogP contribution is 2.40. The summed E-state index contributed by atoms with van der Waals surface area (Å²) in [6.45, 7) is 6.29. The van der Waals surface area contributed by atoms with Gasteiger partial charge < -0.3 is 20.1 Å². The zero-order valence-corrected chi connectivity index (χ0v) is 17.0. The van der Waals surface area contributed by atoms with E-state index in [1.807, 2.05) is 63.4 Å². The molecule has 2 aromatic rings. The smallest absolute Gasteiger partial charge is 0.408 e. The molecule has 0 saturated heterocycles. The minimum absolute atomic E-state index is 0.393. The van der Waals surface area contributed by atoms with Gasteiger partial charge in [0, 0.05) is 6.54 Å². The molecule has 0 radical (unpaired) electrons. The number of nitrogens with one attached hydrogen (secondary N) is 2. The van der Waals surface area contributed by atoms with E-state index >= 15 is 0 Å². The van der Waals surface area contributed by atoms with Gasteiger partial charge in [0.15, 0.2) is 0 Å². The van der Waals surface area contributed by atoms with E-state index in [1.54, 1.807) is 7.11 Å². The van der Waals surface area contributed by atoms with E-state index in [-0.39, 0.29) is 0 Å². The van der Waals surface area contributed by atoms with Crippen molar-refractivity contribution in [3.05, 3.63) is 53.9 Å². The lowest BCUT2D eigenvalue weighted by molar-refractivity contribution is 0.0371. The SMILES string of the molecule is COc1ccc(CNc2ccc(C3(NC(=O)OC(C)(C)C)CCC3)nc2)cc1. The number of carbonyl (C=O) groups is 1. The van der Waals surface area contributed by atoms with Crippen LogP contribution >= 0.6 is 0 Å². The highest BCUT2D eigenvalue weighted by molar-refractivity contribution is 5.69. The van der Waals surface area contributed by atoms with Crippen LogP contribution in [0.1, 0.15) is 51.3 Å². The molecule has 0 aliphatic heterocycles. The second kappa shape index (κ2) is 8.09. The maximum absolute atomic E-state index is 12.2. The molecule has 1 saturated carbocycles. The third-order valence-corrected chi connectivity index (χ3v) is 4.86. The molecule has 28 heavy (non-hydrogen) atoms. The molecule has 1 aliphatic carbocycles. The van der Waals surface area contributed by atoms with Gasteiger partial charge in [-0.2, -0.15) is 0 Å². The Morgan fingerprint density at radius 1 is 1.14 bits per heavy atom. The zero-order chi connectivity index (χ0) is 20.2. The fraction of sp³-hybridized carbons (Fsp3) is 0.455. The average Bonchev–Trinajstić information content (AvgIpc) is 2.62. The highest BCUT2D eigenvalue weighted by atomic mass is 16.6. The number of aromatic nitrogens is 1. The third kappa shape index (κ3) is 4.94. The summed E-state index contributed by atoms with van der Waals surface area (Å²) < 4.78 is 10.6. The van der Waals surface area contributed by atoms with Crippen LogP contribution in [0.15, 0.2) is 42.6 Å². The molecule has 150 valence electrons. The monoisotopic (exact) mass is 383 g/mol. The van der Waals surface area contributed by atoms with Crippen LogP contribution in [0.2, 0.25) is 0 Å². The number of anilines is 1. The molecule has 2 N–H and O–H groups in total. The Bertz CT molecular complexity index is 791. The van der Waals surface area contributed by atoms with Gasteiger partial charge >= 0.3 is 6.09 Å². The maximum Gasteiger partial charge on any atom is 0.408 e. The van der Waals surface area contributed by atoms with Crippen molar-refractivity contribution in [3.8, 4) is 5.75 Å². The van der Waals surface area contributed by atoms with Gasteiger partial charge in [-0.15, -0.1) is 0 Å². The van der Waals surface area contributed by atoms with Crippen molar-refractivity contribution in [3.63, 3.8) is 0 Å². The summed E-state index contributed by atoms with van der Waals surface area (Å²) in [5.41, 5.74) is 2.03. The number of ether oxygens (including phenoxy) is 2. The Kier molecular flexibility index (Phi) is 5.77. The maximum atomic E-state index is 12.2. The number of hydrogen-bond acceptors (Lipinski definition) is 5. The summed E-state index contributed by atoms with van der Waals surface area (Å²) in [7, 11) is 1.66. The Morgan fingerprint density at radius 3 is 2.36 bits per heavy atom. The molecule has 3 rings (SSSR count). The predicted molar refractivity (Wildman–Crippen MR) is 109 cm³/mol. The van der Waals surface area contributed by atoms with Crippen molar-refractivity contribution < 1.29 is 14.3 Å². The molecular weight excluding hydrogens is 354 g/mol. The van der Waals surface area contributed by atoms with Crippen molar-refractivity contribution >= 4 is 11.8 Å². The van der Waals surface area contributed by atoms with E-state index < -0.39 is 17.2 Å². The molecular formula is C22H29N3O3. The van der Waals surface area contributed by atoms with E-state index in [9.17, 15) is 4.79 Å². The number of rotatable bonds is 6. The number of methoxy groups -OCH3 is 1. The average molecular weight is 383 g/mol. The van der Waals surface area contributed by atoms with Gasteiger partial charge in [0.25, 0.3) is 0 Å². The number of benzene rings is 1. The zero-order valence-electron chi connectivity index (χ0n) is 17.0. The molecule has 6 nitrogen and oxygen atoms in total. The molecule has 6 heteroatoms. The highest BCUT2D eigenvalue weighted by Gasteiger charge is 2.42. The molecule has 0 bridgehead atoms. The summed E-state index contributed by atoms with van der Waals surface area (Å²) in [5.74, 6) is 0.845. The first-order chi connectivity index (χ1) is 13.3. The Balaban J connectivity index is 1.61. The number of hydrogen-bond donors (Lipinski definition) is 2. The molecule has 1 aromatic carbocycles. The van der Waals surface area contributed by atoms with Crippen molar-refractivity contribution in [1.29, 1.82) is 0 Å². The summed E-state index contributed by atoms with van der Waals surface area (Å²) in [4.78, 5) is 16.8. The first kappa shape index (κ1) is 20.0. The van der Waals surface area contributed by atoms with Crippen LogP contribution in [0.4, 0.5) is 10.5 Å². The van der Waals surface area contributed by atoms with Crippen molar-refractivity contribution in [2.24, 2.45) is 0 Å². The summed E-state index contributed by atoms with van der Waals surface area (Å²) in [6.07, 6.45) is 4.23. The second-order valence-electron chi connectivity index (χ2n) is 8.20. The van der Waals surface area contributed by atoms with Crippen LogP contribution in [0.25, 0.3) is 0 Å². The van der Waals surface area contributed by atoms with Crippen LogP contribution in [0.3, 0.4) is 0 Å². The van der Waals surface area contributed by atoms with Crippen molar-refractivity contribution in [2.45, 2.75) is 57.7 Å². The lowest BCUT2D eigenvalue weighted by Crippen LogP contribution is -2.52. The van der Waals surface area contributed by atoms with E-state index in [4.69, 9.17) is 9.47 Å². The standard InChI is InChI=1S/C22H29N3O3/c1-21(2,3)28-20(26)25-22(12-5-13-22)19-11-8-17(15-24-19)23-14-16-6-9-18(27-4)10-7-16/h6-11,15,23H,5,12-14H2,1-4H3,(H,25,26). The minimum atomic E-state index is -0.516. The van der Waals surface area contributed by atoms with Crippen LogP contribution in [0, 0.1) is 0 Å². The van der Waals surface area contributed by atoms with Gasteiger partial charge in [-0.25, -0.2) is 4.79 Å². The Hall–Kier alpha value is -2.76. The lowest BCUT2D eigenvalue weighted by atomic mass is 9.74. The summed E-state index contributed by atoms with van der Waals surface area (Å²) in [5, 5.41) is 6.40. The van der Waals surface area contributed by atoms with Gasteiger partial charge in [0.2, 0.25) is 0 Å². The van der Waals surface area contributed by atoms with Crippen molar-refractivity contribution in [2.75, 3.05) is 12.4 Å². The number of amides is 1. The first-order valence-electron chi connectivity index (χ1n) is 9.64. The topological polar surface area (TPSA) is 72.5 Å². The molecule has 1 aliphatic rings. The second-order valence-corrected chi connectivity index (χ2v) is 8.20. The summed E-state index contributed by atoms with van der Waals surface area (Å²) >= 11 is 0. The quantitative estimate of drug-likeness (QED) is 0.762. The molecule has 1 aromatic heterocycles. The van der Waals surface area contributed by atoms with Gasteiger partial charge in [0.05, 0.1) is 30.2 Å². The fourth-order valence-corrected chi connectivity index (χ4v) is 3.20. The number of carbonyl (C=O) groups excluding carboxylic acids is 1. The van der Waals surface area contributed by atoms with Crippen molar-refractivity contribution in [1.82, 2.24) is 10.3 Å². The molecule has 1 fully saturated rings. The fourth-order valence-electron chi connectivity index (χ4n) is 3.20. The Labute approximate surface area is 166 Å². The number of alkyl carbamates (subject to hydrolysis) is 1. The predicted octanol–water partition coefficient (Wildman–Crippen LogP) is 4.61. The van der Waals surface area contributed by atoms with Crippen LogP contribution in [0.5, 0.6) is 5.75 Å². The third-order valence-electron chi connectivity index (χ3n) is 4.86. The molecule has 0 atom stereocenters. The lowest BCUT2D eigenvalue weighted by Gasteiger charge is -2.42. The molecule has 0 spiro atoms. The first-order valence-corrected chi connectivity index (χ1v) is 9.64. The van der Waals surface area contributed by atoms with E-state index in [2.05, 4.69) is 15.6 Å². The number of pyridine rings is 1. The van der Waals surface area contributed by atoms with Gasteiger partial charge in [0.1, 0.15) is 11.4 Å². The van der Waals surface area contributed by atoms with Gasteiger partial charge in [-0.3, -0.25) is 4.98 Å². The largest absolute Gasteiger partial charge is 0.497 e. The van der Waals surface area contributed by atoms with Crippen LogP contribution in [-0.4, -0.2) is 23.8 Å². The van der Waals surface area contributed by atoms with E-state index in [0.717, 1.165) is 42.0 Å². The molecule has 1 heterocycles. The van der Waals surface area contributed by atoms with Gasteiger partial charge in [-0.05, 0) is 69.9 Å². The van der Waals surface area contributed by atoms with Crippen LogP contribution < -0.4 is 15.4 Å². The summed E-state index contributed by atoms with van der Waals surface area (Å²) in [6, 6.07) is 11.9. The minimum Gasteiger partial charge on any atom is -0.497 e. The van der Waals surface area contributed by atoms with E-state index in [1.165, 1.54) is 0 Å². The molecule has 1 amide bonds. The normalized spacial score (nSPS) is 15.3. The Morgan fingerprint density at radius 2 is 1.86 bits per heavy atom. The molecule has 0 unspecified atom stereocenters.